The third kappa shape index (κ3) is 11.8. The van der Waals surface area contributed by atoms with E-state index < -0.39 is 47.9 Å². The molecule has 4 aliphatic heterocycles. The maximum absolute atomic E-state index is 15.2. The van der Waals surface area contributed by atoms with Crippen molar-refractivity contribution < 1.29 is 52.5 Å². The van der Waals surface area contributed by atoms with Gasteiger partial charge in [0, 0.05) is 72.3 Å². The lowest BCUT2D eigenvalue weighted by atomic mass is 9.92. The van der Waals surface area contributed by atoms with Crippen LogP contribution in [0.1, 0.15) is 44.0 Å². The van der Waals surface area contributed by atoms with Crippen LogP contribution < -0.4 is 9.80 Å². The summed E-state index contributed by atoms with van der Waals surface area (Å²) in [6.07, 6.45) is 8.71. The van der Waals surface area contributed by atoms with Gasteiger partial charge in [-0.25, -0.2) is 27.7 Å². The Balaban J connectivity index is 0.000000185. The van der Waals surface area contributed by atoms with Crippen LogP contribution >= 0.6 is 0 Å². The maximum atomic E-state index is 15.2. The zero-order valence-electron chi connectivity index (χ0n) is 39.9. The molecule has 2 fully saturated rings. The number of aliphatic hydroxyl groups excluding tert-OH is 1. The number of oxime groups is 2. The van der Waals surface area contributed by atoms with Crippen LogP contribution in [0.25, 0.3) is 22.3 Å². The molecule has 0 bridgehead atoms. The van der Waals surface area contributed by atoms with E-state index in [1.165, 1.54) is 21.9 Å². The van der Waals surface area contributed by atoms with Crippen LogP contribution in [-0.2, 0) is 37.0 Å². The number of halogens is 2. The van der Waals surface area contributed by atoms with Crippen LogP contribution in [0.15, 0.2) is 108 Å². The predicted molar refractivity (Wildman–Crippen MR) is 257 cm³/mol. The minimum Gasteiger partial charge on any atom is -0.481 e. The summed E-state index contributed by atoms with van der Waals surface area (Å²) in [6.45, 7) is 3.15. The molecule has 73 heavy (non-hydrogen) atoms. The van der Waals surface area contributed by atoms with E-state index in [2.05, 4.69) is 40.9 Å². The molecular formula is C49H51F2N13O9. The van der Waals surface area contributed by atoms with Gasteiger partial charge < -0.3 is 34.3 Å². The Kier molecular flexibility index (Phi) is 15.0. The number of carbonyl (C=O) groups excluding carboxylic acids is 2. The van der Waals surface area contributed by atoms with Gasteiger partial charge in [-0.1, -0.05) is 32.9 Å². The first-order valence-electron chi connectivity index (χ1n) is 23.4. The normalized spacial score (nSPS) is 20.2. The largest absolute Gasteiger partial charge is 0.481 e. The van der Waals surface area contributed by atoms with E-state index in [1.54, 1.807) is 95.1 Å². The van der Waals surface area contributed by atoms with E-state index in [-0.39, 0.29) is 37.9 Å². The molecule has 4 aliphatic rings. The second-order valence-corrected chi connectivity index (χ2v) is 18.1. The summed E-state index contributed by atoms with van der Waals surface area (Å²) in [5.41, 5.74) is 5.10. The Morgan fingerprint density at radius 1 is 0.726 bits per heavy atom. The molecule has 2 amide bonds. The number of aromatic nitrogens is 8. The van der Waals surface area contributed by atoms with Gasteiger partial charge in [0.05, 0.1) is 73.9 Å². The number of hydrogen-bond donors (Lipinski definition) is 2. The van der Waals surface area contributed by atoms with E-state index in [0.717, 1.165) is 0 Å². The lowest BCUT2D eigenvalue weighted by Gasteiger charge is -2.24. The first kappa shape index (κ1) is 49.7. The minimum absolute atomic E-state index is 0.117. The molecule has 6 atom stereocenters. The van der Waals surface area contributed by atoms with Gasteiger partial charge in [-0.3, -0.25) is 24.6 Å². The molecule has 24 heteroatoms. The van der Waals surface area contributed by atoms with Crippen molar-refractivity contribution >= 4 is 41.0 Å². The molecule has 380 valence electrons. The Hall–Kier alpha value is -8.25. The molecule has 0 aliphatic carbocycles. The van der Waals surface area contributed by atoms with Crippen LogP contribution in [0.5, 0.6) is 0 Å². The smallest absolute Gasteiger partial charge is 0.414 e. The number of carboxylic acid groups (broad SMARTS) is 1. The summed E-state index contributed by atoms with van der Waals surface area (Å²) >= 11 is 0. The van der Waals surface area contributed by atoms with Crippen molar-refractivity contribution in [3.8, 4) is 22.3 Å². The van der Waals surface area contributed by atoms with Crippen molar-refractivity contribution in [3.05, 3.63) is 121 Å². The third-order valence-electron chi connectivity index (χ3n) is 12.8. The molecule has 2 unspecified atom stereocenters. The van der Waals surface area contributed by atoms with Gasteiger partial charge in [-0.15, -0.1) is 10.2 Å². The Morgan fingerprint density at radius 2 is 1.22 bits per heavy atom. The number of amides is 2. The van der Waals surface area contributed by atoms with Crippen LogP contribution in [0.4, 0.5) is 29.7 Å². The Labute approximate surface area is 416 Å². The van der Waals surface area contributed by atoms with Gasteiger partial charge >= 0.3 is 18.2 Å². The lowest BCUT2D eigenvalue weighted by Crippen LogP contribution is -2.31. The fraction of sp³-hybridized carbons (Fsp3) is 0.367. The standard InChI is InChI=1S/C28H32FN7O5.C21H19FN6O4/c1-17(34(2)3)10-19(27(37)38)11-21-13-26(32-41-21)25-7-4-18(14-30-25)23-6-5-20(12-24(23)29)36-16-22(40-28(36)39)15-35-9-8-31-33-35;22-18-7-14(28-11-16(31-21(28)30)10-27-6-5-24-26-27)2-3-17(18)13-1-4-19(23-9-13)20-8-15(12-29)32-25-20/h4-9,12,14,17,19,21-22H,10-11,13,15-16H2,1-3H3,(H,37,38);1-7,9,15-16,29H,8,10-12H2/t17?,19?,21-,22-;15-,16-/m00/s1. The second-order valence-electron chi connectivity index (χ2n) is 18.1. The summed E-state index contributed by atoms with van der Waals surface area (Å²) in [6, 6.07) is 16.2. The number of benzene rings is 2. The summed E-state index contributed by atoms with van der Waals surface area (Å²) < 4.78 is 44.0. The summed E-state index contributed by atoms with van der Waals surface area (Å²) in [4.78, 5) is 60.7. The predicted octanol–water partition coefficient (Wildman–Crippen LogP) is 5.42. The molecule has 10 rings (SSSR count). The minimum atomic E-state index is -0.848. The molecule has 2 saturated heterocycles. The van der Waals surface area contributed by atoms with Gasteiger partial charge in [0.15, 0.2) is 6.10 Å². The van der Waals surface area contributed by atoms with Crippen molar-refractivity contribution in [1.29, 1.82) is 0 Å². The fourth-order valence-corrected chi connectivity index (χ4v) is 8.61. The molecule has 6 aromatic rings. The number of ether oxygens (including phenoxy) is 2. The number of aliphatic hydroxyl groups is 1. The van der Waals surface area contributed by atoms with E-state index >= 15 is 4.39 Å². The van der Waals surface area contributed by atoms with Crippen molar-refractivity contribution in [2.24, 2.45) is 16.2 Å². The third-order valence-corrected chi connectivity index (χ3v) is 12.8. The van der Waals surface area contributed by atoms with Crippen molar-refractivity contribution in [3.63, 3.8) is 0 Å². The highest BCUT2D eigenvalue weighted by atomic mass is 19.1. The van der Waals surface area contributed by atoms with Gasteiger partial charge in [0.25, 0.3) is 0 Å². The average molecular weight is 1000 g/mol. The van der Waals surface area contributed by atoms with Crippen LogP contribution in [0, 0.1) is 17.6 Å². The number of carbonyl (C=O) groups is 3. The summed E-state index contributed by atoms with van der Waals surface area (Å²) in [5, 5.41) is 42.1. The van der Waals surface area contributed by atoms with Gasteiger partial charge in [0.1, 0.15) is 41.4 Å². The van der Waals surface area contributed by atoms with Crippen LogP contribution in [0.2, 0.25) is 0 Å². The maximum Gasteiger partial charge on any atom is 0.414 e. The number of rotatable bonds is 17. The molecule has 2 N–H and O–H groups in total. The van der Waals surface area contributed by atoms with E-state index in [1.807, 2.05) is 25.9 Å². The quantitative estimate of drug-likeness (QED) is 0.116. The van der Waals surface area contributed by atoms with Crippen molar-refractivity contribution in [1.82, 2.24) is 44.9 Å². The highest BCUT2D eigenvalue weighted by molar-refractivity contribution is 6.00. The summed E-state index contributed by atoms with van der Waals surface area (Å²) in [5.74, 6) is -2.38. The van der Waals surface area contributed by atoms with Crippen molar-refractivity contribution in [2.75, 3.05) is 43.6 Å². The zero-order valence-corrected chi connectivity index (χ0v) is 39.9. The van der Waals surface area contributed by atoms with E-state index in [0.29, 0.717) is 95.2 Å². The Morgan fingerprint density at radius 3 is 1.62 bits per heavy atom. The van der Waals surface area contributed by atoms with E-state index in [9.17, 15) is 23.9 Å². The van der Waals surface area contributed by atoms with Crippen molar-refractivity contribution in [2.45, 2.75) is 76.2 Å². The molecule has 8 heterocycles. The molecule has 22 nitrogen and oxygen atoms in total. The van der Waals surface area contributed by atoms with Gasteiger partial charge in [0.2, 0.25) is 0 Å². The summed E-state index contributed by atoms with van der Waals surface area (Å²) in [7, 11) is 3.85. The first-order valence-corrected chi connectivity index (χ1v) is 23.4. The highest BCUT2D eigenvalue weighted by Crippen LogP contribution is 2.32. The second kappa shape index (κ2) is 22.0. The zero-order chi connectivity index (χ0) is 51.2. The fourth-order valence-electron chi connectivity index (χ4n) is 8.61. The molecule has 0 spiro atoms. The van der Waals surface area contributed by atoms with E-state index in [4.69, 9.17) is 24.3 Å². The SMILES string of the molecule is CC(CC(C[C@H]1CC(c2ccc(-c3ccc(N4C[C@H](Cn5ccnn5)OC4=O)cc3F)cn2)=NO1)C(=O)O)N(C)C.O=C1O[C@@H](Cn2ccnn2)CN1c1ccc(-c2ccc(C3=NO[C@H](CO)C3)nc2)c(F)c1. The number of hydrogen-bond acceptors (Lipinski definition) is 17. The van der Waals surface area contributed by atoms with Gasteiger partial charge in [-0.05, 0) is 76.0 Å². The molecule has 4 aromatic heterocycles. The number of nitrogens with zero attached hydrogens (tertiary/aromatic N) is 13. The van der Waals surface area contributed by atoms with Crippen LogP contribution in [0.3, 0.4) is 0 Å². The molecule has 2 aromatic carbocycles. The van der Waals surface area contributed by atoms with Gasteiger partial charge in [-0.2, -0.15) is 0 Å². The number of cyclic esters (lactones) is 2. The average Bonchev–Trinajstić information content (AvgIpc) is 4.26. The number of anilines is 2. The highest BCUT2D eigenvalue weighted by Gasteiger charge is 2.35. The number of aliphatic carboxylic acids is 1. The molecule has 0 saturated carbocycles. The first-order chi connectivity index (χ1) is 35.3. The monoisotopic (exact) mass is 1000 g/mol. The topological polar surface area (TPSA) is 250 Å². The molecule has 0 radical (unpaired) electrons. The van der Waals surface area contributed by atoms with Crippen LogP contribution in [-0.4, -0.2) is 149 Å². The lowest BCUT2D eigenvalue weighted by molar-refractivity contribution is -0.143. The molecular weight excluding hydrogens is 953 g/mol. The number of pyridine rings is 2. The Bertz CT molecular complexity index is 2960. The number of carboxylic acids is 1.